The Morgan fingerprint density at radius 2 is 1.88 bits per heavy atom. The first-order valence-corrected chi connectivity index (χ1v) is 5.40. The van der Waals surface area contributed by atoms with Crippen molar-refractivity contribution < 1.29 is 9.66 Å². The van der Waals surface area contributed by atoms with Crippen LogP contribution >= 0.6 is 0 Å². The average Bonchev–Trinajstić information content (AvgIpc) is 2.29. The van der Waals surface area contributed by atoms with Crippen LogP contribution in [-0.4, -0.2) is 11.5 Å². The number of unbranched alkanes of at least 4 members (excludes halogenated alkanes) is 3. The van der Waals surface area contributed by atoms with Crippen LogP contribution in [0, 0.1) is 17.0 Å². The van der Waals surface area contributed by atoms with Gasteiger partial charge in [-0.3, -0.25) is 10.1 Å². The minimum atomic E-state index is -0.419. The molecule has 0 aliphatic carbocycles. The van der Waals surface area contributed by atoms with Crippen LogP contribution < -0.4 is 4.74 Å². The molecule has 1 aromatic rings. The first kappa shape index (κ1) is 12.5. The van der Waals surface area contributed by atoms with Crippen molar-refractivity contribution in [2.45, 2.75) is 25.7 Å². The zero-order valence-electron chi connectivity index (χ0n) is 9.22. The minimum Gasteiger partial charge on any atom is -0.494 e. The summed E-state index contributed by atoms with van der Waals surface area (Å²) in [6.45, 7) is 4.41. The third kappa shape index (κ3) is 4.29. The Morgan fingerprint density at radius 1 is 1.19 bits per heavy atom. The zero-order chi connectivity index (χ0) is 11.8. The molecule has 1 rings (SSSR count). The summed E-state index contributed by atoms with van der Waals surface area (Å²) in [6.07, 6.45) is 4.17. The average molecular weight is 222 g/mol. The second kappa shape index (κ2) is 6.82. The largest absolute Gasteiger partial charge is 0.494 e. The summed E-state index contributed by atoms with van der Waals surface area (Å²) in [4.78, 5) is 9.98. The van der Waals surface area contributed by atoms with Gasteiger partial charge in [-0.2, -0.15) is 0 Å². The van der Waals surface area contributed by atoms with E-state index in [4.69, 9.17) is 4.74 Å². The van der Waals surface area contributed by atoms with Crippen molar-refractivity contribution in [1.82, 2.24) is 0 Å². The molecule has 0 unspecified atom stereocenters. The van der Waals surface area contributed by atoms with Gasteiger partial charge in [0.2, 0.25) is 0 Å². The van der Waals surface area contributed by atoms with Gasteiger partial charge in [0, 0.05) is 12.1 Å². The van der Waals surface area contributed by atoms with Crippen LogP contribution in [0.15, 0.2) is 24.3 Å². The number of non-ortho nitro benzene ring substituents is 1. The standard InChI is InChI=1S/C12H16NO3/c1-2-3-4-5-10-16-12-8-6-11(7-9-12)13(14)15/h6-9H,1-5,10H2. The molecule has 4 nitrogen and oxygen atoms in total. The summed E-state index contributed by atoms with van der Waals surface area (Å²) in [5, 5.41) is 10.4. The summed E-state index contributed by atoms with van der Waals surface area (Å²) >= 11 is 0. The Labute approximate surface area is 95.4 Å². The van der Waals surface area contributed by atoms with E-state index in [0.29, 0.717) is 12.4 Å². The second-order valence-corrected chi connectivity index (χ2v) is 3.51. The van der Waals surface area contributed by atoms with Crippen LogP contribution in [0.1, 0.15) is 25.7 Å². The quantitative estimate of drug-likeness (QED) is 0.403. The lowest BCUT2D eigenvalue weighted by Crippen LogP contribution is -1.97. The second-order valence-electron chi connectivity index (χ2n) is 3.51. The van der Waals surface area contributed by atoms with Gasteiger partial charge in [0.05, 0.1) is 11.5 Å². The Morgan fingerprint density at radius 3 is 2.44 bits per heavy atom. The normalized spacial score (nSPS) is 10.1. The summed E-state index contributed by atoms with van der Waals surface area (Å²) in [5.74, 6) is 0.681. The van der Waals surface area contributed by atoms with Gasteiger partial charge < -0.3 is 4.74 Å². The molecule has 1 aromatic carbocycles. The summed E-state index contributed by atoms with van der Waals surface area (Å²) < 4.78 is 5.44. The fourth-order valence-corrected chi connectivity index (χ4v) is 1.31. The maximum atomic E-state index is 10.4. The van der Waals surface area contributed by atoms with E-state index in [1.165, 1.54) is 12.1 Å². The number of nitrogens with zero attached hydrogens (tertiary/aromatic N) is 1. The van der Waals surface area contributed by atoms with Crippen molar-refractivity contribution in [3.63, 3.8) is 0 Å². The fraction of sp³-hybridized carbons (Fsp3) is 0.417. The number of hydrogen-bond acceptors (Lipinski definition) is 3. The number of benzene rings is 1. The molecule has 0 N–H and O–H groups in total. The number of hydrogen-bond donors (Lipinski definition) is 0. The highest BCUT2D eigenvalue weighted by Gasteiger charge is 2.03. The van der Waals surface area contributed by atoms with Crippen molar-refractivity contribution in [3.8, 4) is 5.75 Å². The molecule has 0 aliphatic heterocycles. The molecule has 0 saturated heterocycles. The van der Waals surface area contributed by atoms with Crippen LogP contribution in [0.2, 0.25) is 0 Å². The maximum absolute atomic E-state index is 10.4. The smallest absolute Gasteiger partial charge is 0.269 e. The SMILES string of the molecule is [CH2]CCCCCOc1ccc([N+](=O)[O-])cc1. The summed E-state index contributed by atoms with van der Waals surface area (Å²) in [5.41, 5.74) is 0.0874. The molecule has 16 heavy (non-hydrogen) atoms. The molecule has 0 bridgehead atoms. The molecular weight excluding hydrogens is 206 g/mol. The number of nitro groups is 1. The number of rotatable bonds is 7. The lowest BCUT2D eigenvalue weighted by Gasteiger charge is -2.05. The van der Waals surface area contributed by atoms with Gasteiger partial charge in [-0.05, 0) is 18.6 Å². The van der Waals surface area contributed by atoms with Gasteiger partial charge in [-0.25, -0.2) is 0 Å². The monoisotopic (exact) mass is 222 g/mol. The Bertz CT molecular complexity index is 322. The van der Waals surface area contributed by atoms with E-state index in [-0.39, 0.29) is 5.69 Å². The van der Waals surface area contributed by atoms with E-state index in [9.17, 15) is 10.1 Å². The highest BCUT2D eigenvalue weighted by atomic mass is 16.6. The third-order valence-electron chi connectivity index (χ3n) is 2.21. The van der Waals surface area contributed by atoms with E-state index in [1.54, 1.807) is 12.1 Å². The molecule has 0 saturated carbocycles. The maximum Gasteiger partial charge on any atom is 0.269 e. The van der Waals surface area contributed by atoms with Crippen molar-refractivity contribution in [3.05, 3.63) is 41.3 Å². The van der Waals surface area contributed by atoms with Crippen molar-refractivity contribution in [1.29, 1.82) is 0 Å². The van der Waals surface area contributed by atoms with E-state index in [0.717, 1.165) is 25.7 Å². The topological polar surface area (TPSA) is 52.4 Å². The van der Waals surface area contributed by atoms with Gasteiger partial charge in [0.1, 0.15) is 5.75 Å². The molecular formula is C12H16NO3. The van der Waals surface area contributed by atoms with Crippen molar-refractivity contribution in [2.24, 2.45) is 0 Å². The highest BCUT2D eigenvalue weighted by Crippen LogP contribution is 2.17. The molecule has 0 amide bonds. The van der Waals surface area contributed by atoms with E-state index < -0.39 is 4.92 Å². The molecule has 0 aliphatic rings. The summed E-state index contributed by atoms with van der Waals surface area (Å²) in [6, 6.07) is 6.15. The lowest BCUT2D eigenvalue weighted by molar-refractivity contribution is -0.384. The van der Waals surface area contributed by atoms with Gasteiger partial charge in [-0.15, -0.1) is 0 Å². The number of nitro benzene ring substituents is 1. The predicted molar refractivity (Wildman–Crippen MR) is 62.4 cm³/mol. The molecule has 87 valence electrons. The Hall–Kier alpha value is -1.58. The predicted octanol–water partition coefficient (Wildman–Crippen LogP) is 3.37. The first-order valence-electron chi connectivity index (χ1n) is 5.40. The zero-order valence-corrected chi connectivity index (χ0v) is 9.22. The van der Waals surface area contributed by atoms with Crippen LogP contribution in [0.5, 0.6) is 5.75 Å². The van der Waals surface area contributed by atoms with Gasteiger partial charge in [0.15, 0.2) is 0 Å². The van der Waals surface area contributed by atoms with E-state index in [1.807, 2.05) is 0 Å². The molecule has 0 fully saturated rings. The summed E-state index contributed by atoms with van der Waals surface area (Å²) in [7, 11) is 0. The van der Waals surface area contributed by atoms with Crippen LogP contribution in [0.4, 0.5) is 5.69 Å². The lowest BCUT2D eigenvalue weighted by atomic mass is 10.2. The van der Waals surface area contributed by atoms with Crippen molar-refractivity contribution >= 4 is 5.69 Å². The van der Waals surface area contributed by atoms with Gasteiger partial charge in [0.25, 0.3) is 5.69 Å². The molecule has 4 heteroatoms. The fourth-order valence-electron chi connectivity index (χ4n) is 1.31. The van der Waals surface area contributed by atoms with Crippen molar-refractivity contribution in [2.75, 3.05) is 6.61 Å². The number of ether oxygens (including phenoxy) is 1. The van der Waals surface area contributed by atoms with Gasteiger partial charge >= 0.3 is 0 Å². The third-order valence-corrected chi connectivity index (χ3v) is 2.21. The Kier molecular flexibility index (Phi) is 5.32. The van der Waals surface area contributed by atoms with E-state index >= 15 is 0 Å². The van der Waals surface area contributed by atoms with E-state index in [2.05, 4.69) is 6.92 Å². The molecule has 0 heterocycles. The minimum absolute atomic E-state index is 0.0874. The Balaban J connectivity index is 2.29. The van der Waals surface area contributed by atoms with Crippen LogP contribution in [0.25, 0.3) is 0 Å². The highest BCUT2D eigenvalue weighted by molar-refractivity contribution is 5.35. The molecule has 0 aromatic heterocycles. The van der Waals surface area contributed by atoms with Crippen LogP contribution in [-0.2, 0) is 0 Å². The van der Waals surface area contributed by atoms with Gasteiger partial charge in [-0.1, -0.05) is 26.2 Å². The molecule has 0 atom stereocenters. The first-order chi connectivity index (χ1) is 7.74. The van der Waals surface area contributed by atoms with Crippen LogP contribution in [0.3, 0.4) is 0 Å². The molecule has 0 spiro atoms. The molecule has 1 radical (unpaired) electrons.